The third-order valence-electron chi connectivity index (χ3n) is 5.93. The predicted octanol–water partition coefficient (Wildman–Crippen LogP) is 2.40. The van der Waals surface area contributed by atoms with E-state index in [0.29, 0.717) is 29.3 Å². The summed E-state index contributed by atoms with van der Waals surface area (Å²) >= 11 is 0. The Morgan fingerprint density at radius 2 is 2.03 bits per heavy atom. The van der Waals surface area contributed by atoms with E-state index in [9.17, 15) is 14.3 Å². The van der Waals surface area contributed by atoms with E-state index < -0.39 is 5.91 Å². The average Bonchev–Trinajstić information content (AvgIpc) is 3.25. The summed E-state index contributed by atoms with van der Waals surface area (Å²) in [5.74, 6) is -0.163. The molecule has 3 aromatic rings. The number of benzene rings is 1. The van der Waals surface area contributed by atoms with Gasteiger partial charge in [-0.05, 0) is 55.3 Å². The van der Waals surface area contributed by atoms with Crippen LogP contribution in [0.5, 0.6) is 5.75 Å². The Balaban J connectivity index is 1.41. The predicted molar refractivity (Wildman–Crippen MR) is 104 cm³/mol. The van der Waals surface area contributed by atoms with Crippen molar-refractivity contribution in [2.24, 2.45) is 5.73 Å². The van der Waals surface area contributed by atoms with Crippen LogP contribution in [0.3, 0.4) is 0 Å². The van der Waals surface area contributed by atoms with Gasteiger partial charge >= 0.3 is 0 Å². The summed E-state index contributed by atoms with van der Waals surface area (Å²) in [4.78, 5) is 17.8. The van der Waals surface area contributed by atoms with Gasteiger partial charge in [-0.1, -0.05) is 0 Å². The highest BCUT2D eigenvalue weighted by Crippen LogP contribution is 2.54. The van der Waals surface area contributed by atoms with Gasteiger partial charge in [0.1, 0.15) is 11.6 Å². The maximum Gasteiger partial charge on any atom is 0.248 e. The molecule has 2 bridgehead atoms. The van der Waals surface area contributed by atoms with Gasteiger partial charge in [0.2, 0.25) is 5.91 Å². The SMILES string of the molecule is NC(=O)c1ccc(O)c(-c2ccc(N3CC4(c5ncccc5F)CC3C4)nn2)c1. The maximum atomic E-state index is 14.2. The van der Waals surface area contributed by atoms with E-state index in [1.165, 1.54) is 24.3 Å². The van der Waals surface area contributed by atoms with Crippen molar-refractivity contribution in [2.75, 3.05) is 11.4 Å². The Morgan fingerprint density at radius 3 is 2.72 bits per heavy atom. The molecule has 29 heavy (non-hydrogen) atoms. The smallest absolute Gasteiger partial charge is 0.248 e. The van der Waals surface area contributed by atoms with Gasteiger partial charge in [-0.25, -0.2) is 4.39 Å². The number of anilines is 1. The molecule has 0 atom stereocenters. The minimum absolute atomic E-state index is 0.00920. The highest BCUT2D eigenvalue weighted by atomic mass is 19.1. The Morgan fingerprint density at radius 1 is 1.21 bits per heavy atom. The van der Waals surface area contributed by atoms with Gasteiger partial charge in [0.25, 0.3) is 0 Å². The van der Waals surface area contributed by atoms with E-state index in [0.717, 1.165) is 12.8 Å². The number of fused-ring (bicyclic) bond motifs is 1. The molecular formula is C21H18FN5O2. The molecule has 6 rings (SSSR count). The average molecular weight is 391 g/mol. The monoisotopic (exact) mass is 391 g/mol. The van der Waals surface area contributed by atoms with E-state index in [-0.39, 0.29) is 28.6 Å². The van der Waals surface area contributed by atoms with Gasteiger partial charge in [-0.2, -0.15) is 0 Å². The first-order valence-electron chi connectivity index (χ1n) is 9.31. The molecule has 146 valence electrons. The molecule has 7 nitrogen and oxygen atoms in total. The molecular weight excluding hydrogens is 373 g/mol. The topological polar surface area (TPSA) is 105 Å². The number of amides is 1. The number of phenols is 1. The molecule has 1 saturated carbocycles. The number of aromatic nitrogens is 3. The lowest BCUT2D eigenvalue weighted by Gasteiger charge is -2.36. The van der Waals surface area contributed by atoms with E-state index in [1.807, 2.05) is 6.07 Å². The lowest BCUT2D eigenvalue weighted by atomic mass is 9.67. The van der Waals surface area contributed by atoms with Gasteiger partial charge in [0.15, 0.2) is 5.82 Å². The molecule has 2 saturated heterocycles. The highest BCUT2D eigenvalue weighted by molar-refractivity contribution is 5.94. The number of nitrogens with two attached hydrogens (primary N) is 1. The maximum absolute atomic E-state index is 14.2. The van der Waals surface area contributed by atoms with Gasteiger partial charge < -0.3 is 15.7 Å². The number of rotatable bonds is 4. The summed E-state index contributed by atoms with van der Waals surface area (Å²) in [6.07, 6.45) is 3.31. The lowest BCUT2D eigenvalue weighted by molar-refractivity contribution is 0.100. The van der Waals surface area contributed by atoms with Crippen molar-refractivity contribution >= 4 is 11.7 Å². The van der Waals surface area contributed by atoms with E-state index >= 15 is 0 Å². The summed E-state index contributed by atoms with van der Waals surface area (Å²) in [7, 11) is 0. The van der Waals surface area contributed by atoms with Crippen LogP contribution in [-0.2, 0) is 5.41 Å². The van der Waals surface area contributed by atoms with Gasteiger partial charge in [-0.3, -0.25) is 9.78 Å². The second-order valence-electron chi connectivity index (χ2n) is 7.68. The molecule has 2 aromatic heterocycles. The molecule has 1 amide bonds. The molecule has 8 heteroatoms. The van der Waals surface area contributed by atoms with Crippen LogP contribution in [0.1, 0.15) is 28.9 Å². The number of carbonyl (C=O) groups is 1. The molecule has 1 aromatic carbocycles. The van der Waals surface area contributed by atoms with Crippen molar-refractivity contribution in [1.29, 1.82) is 0 Å². The molecule has 4 heterocycles. The van der Waals surface area contributed by atoms with Crippen molar-refractivity contribution < 1.29 is 14.3 Å². The Kier molecular flexibility index (Phi) is 3.77. The standard InChI is InChI=1S/C21H18FN5O2/c22-15-2-1-7-24-19(15)21-9-13(10-21)27(11-21)18-6-4-16(25-26-18)14-8-12(20(23)29)3-5-17(14)28/h1-8,13,28H,9-11H2,(H2,23,29). The molecule has 0 radical (unpaired) electrons. The normalized spacial score (nSPS) is 22.4. The van der Waals surface area contributed by atoms with Crippen LogP contribution in [0, 0.1) is 5.82 Å². The summed E-state index contributed by atoms with van der Waals surface area (Å²) in [5, 5.41) is 18.7. The first kappa shape index (κ1) is 17.5. The van der Waals surface area contributed by atoms with Crippen LogP contribution in [-0.4, -0.2) is 38.8 Å². The summed E-state index contributed by atoms with van der Waals surface area (Å²) in [6.45, 7) is 0.641. The Hall–Kier alpha value is -3.55. The van der Waals surface area contributed by atoms with Crippen LogP contribution in [0.2, 0.25) is 0 Å². The Labute approximate surface area is 166 Å². The van der Waals surface area contributed by atoms with Gasteiger partial charge in [-0.15, -0.1) is 10.2 Å². The number of nitrogens with zero attached hydrogens (tertiary/aromatic N) is 4. The molecule has 3 fully saturated rings. The first-order chi connectivity index (χ1) is 14.0. The van der Waals surface area contributed by atoms with Crippen molar-refractivity contribution in [3.05, 3.63) is 65.7 Å². The van der Waals surface area contributed by atoms with Crippen molar-refractivity contribution in [1.82, 2.24) is 15.2 Å². The molecule has 2 aliphatic heterocycles. The molecule has 3 aliphatic rings. The number of pyridine rings is 1. The van der Waals surface area contributed by atoms with Crippen LogP contribution >= 0.6 is 0 Å². The van der Waals surface area contributed by atoms with Crippen LogP contribution in [0.25, 0.3) is 11.3 Å². The minimum Gasteiger partial charge on any atom is -0.507 e. The first-order valence-corrected chi connectivity index (χ1v) is 9.31. The zero-order valence-electron chi connectivity index (χ0n) is 15.4. The van der Waals surface area contributed by atoms with Crippen LogP contribution in [0.4, 0.5) is 10.2 Å². The summed E-state index contributed by atoms with van der Waals surface area (Å²) < 4.78 is 14.2. The van der Waals surface area contributed by atoms with Gasteiger partial charge in [0, 0.05) is 35.3 Å². The quantitative estimate of drug-likeness (QED) is 0.708. The number of hydrogen-bond acceptors (Lipinski definition) is 6. The zero-order valence-corrected chi connectivity index (χ0v) is 15.4. The minimum atomic E-state index is -0.584. The Bertz CT molecular complexity index is 1110. The number of aromatic hydroxyl groups is 1. The lowest BCUT2D eigenvalue weighted by Crippen LogP contribution is -2.39. The van der Waals surface area contributed by atoms with Crippen LogP contribution < -0.4 is 10.6 Å². The molecule has 1 aliphatic carbocycles. The van der Waals surface area contributed by atoms with Gasteiger partial charge in [0.05, 0.1) is 11.4 Å². The number of hydrogen-bond donors (Lipinski definition) is 2. The number of phenolic OH excluding ortho intramolecular Hbond substituents is 1. The largest absolute Gasteiger partial charge is 0.507 e. The van der Waals surface area contributed by atoms with E-state index in [2.05, 4.69) is 20.1 Å². The van der Waals surface area contributed by atoms with Crippen molar-refractivity contribution in [3.63, 3.8) is 0 Å². The van der Waals surface area contributed by atoms with E-state index in [4.69, 9.17) is 5.73 Å². The second-order valence-corrected chi connectivity index (χ2v) is 7.68. The third-order valence-corrected chi connectivity index (χ3v) is 5.93. The summed E-state index contributed by atoms with van der Waals surface area (Å²) in [6, 6.07) is 11.3. The highest BCUT2D eigenvalue weighted by Gasteiger charge is 2.58. The van der Waals surface area contributed by atoms with Crippen molar-refractivity contribution in [2.45, 2.75) is 24.3 Å². The third kappa shape index (κ3) is 2.71. The van der Waals surface area contributed by atoms with E-state index in [1.54, 1.807) is 18.3 Å². The fraction of sp³-hybridized carbons (Fsp3) is 0.238. The fourth-order valence-corrected chi connectivity index (χ4v) is 4.48. The number of primary amides is 1. The second kappa shape index (κ2) is 6.23. The zero-order chi connectivity index (χ0) is 20.2. The summed E-state index contributed by atoms with van der Waals surface area (Å²) in [5.41, 5.74) is 6.67. The number of halogens is 1. The molecule has 3 N–H and O–H groups in total. The number of carbonyl (C=O) groups excluding carboxylic acids is 1. The molecule has 0 unspecified atom stereocenters. The molecule has 0 spiro atoms. The van der Waals surface area contributed by atoms with Crippen molar-refractivity contribution in [3.8, 4) is 17.0 Å². The fourth-order valence-electron chi connectivity index (χ4n) is 4.48. The van der Waals surface area contributed by atoms with Crippen LogP contribution in [0.15, 0.2) is 48.7 Å².